The van der Waals surface area contributed by atoms with Crippen LogP contribution >= 0.6 is 0 Å². The van der Waals surface area contributed by atoms with E-state index in [0.717, 1.165) is 30.4 Å². The summed E-state index contributed by atoms with van der Waals surface area (Å²) in [5.74, 6) is 0.514. The Labute approximate surface area is 117 Å². The van der Waals surface area contributed by atoms with Gasteiger partial charge in [-0.25, -0.2) is 0 Å². The summed E-state index contributed by atoms with van der Waals surface area (Å²) in [7, 11) is 0. The predicted molar refractivity (Wildman–Crippen MR) is 76.7 cm³/mol. The number of hydrogen-bond acceptors (Lipinski definition) is 4. The summed E-state index contributed by atoms with van der Waals surface area (Å²) >= 11 is 0. The Kier molecular flexibility index (Phi) is 3.52. The maximum atomic E-state index is 11.6. The molecule has 5 heteroatoms. The molecule has 1 amide bonds. The van der Waals surface area contributed by atoms with Gasteiger partial charge in [-0.3, -0.25) is 9.78 Å². The van der Waals surface area contributed by atoms with E-state index < -0.39 is 5.91 Å². The molecule has 0 aliphatic carbocycles. The number of carbonyl (C=O) groups is 1. The van der Waals surface area contributed by atoms with E-state index in [-0.39, 0.29) is 0 Å². The molecule has 0 bridgehead atoms. The zero-order valence-electron chi connectivity index (χ0n) is 11.1. The smallest absolute Gasteiger partial charge is 0.254 e. The van der Waals surface area contributed by atoms with Gasteiger partial charge in [0.25, 0.3) is 5.91 Å². The van der Waals surface area contributed by atoms with Crippen molar-refractivity contribution in [3.8, 4) is 5.75 Å². The van der Waals surface area contributed by atoms with Crippen LogP contribution in [0.5, 0.6) is 5.75 Å². The molecule has 3 rings (SSSR count). The molecule has 5 nitrogen and oxygen atoms in total. The summed E-state index contributed by atoms with van der Waals surface area (Å²) < 4.78 is 5.91. The van der Waals surface area contributed by atoms with E-state index in [1.807, 2.05) is 24.3 Å². The molecule has 20 heavy (non-hydrogen) atoms. The van der Waals surface area contributed by atoms with E-state index >= 15 is 0 Å². The van der Waals surface area contributed by atoms with Crippen LogP contribution in [0, 0.1) is 5.92 Å². The number of nitrogens with zero attached hydrogens (tertiary/aromatic N) is 1. The SMILES string of the molecule is NC(=O)c1cnc2ccccc2c1OCC1CCNC1. The van der Waals surface area contributed by atoms with Crippen molar-refractivity contribution in [3.05, 3.63) is 36.0 Å². The molecule has 0 spiro atoms. The van der Waals surface area contributed by atoms with Crippen LogP contribution in [-0.4, -0.2) is 30.6 Å². The number of fused-ring (bicyclic) bond motifs is 1. The van der Waals surface area contributed by atoms with Gasteiger partial charge in [0, 0.05) is 24.0 Å². The number of hydrogen-bond donors (Lipinski definition) is 2. The fraction of sp³-hybridized carbons (Fsp3) is 0.333. The monoisotopic (exact) mass is 271 g/mol. The van der Waals surface area contributed by atoms with Crippen LogP contribution < -0.4 is 15.8 Å². The maximum absolute atomic E-state index is 11.6. The third-order valence-corrected chi connectivity index (χ3v) is 3.62. The van der Waals surface area contributed by atoms with Gasteiger partial charge in [0.15, 0.2) is 0 Å². The Morgan fingerprint density at radius 3 is 3.05 bits per heavy atom. The van der Waals surface area contributed by atoms with Gasteiger partial charge >= 0.3 is 0 Å². The van der Waals surface area contributed by atoms with Crippen molar-refractivity contribution in [2.45, 2.75) is 6.42 Å². The number of para-hydroxylation sites is 1. The number of aromatic nitrogens is 1. The third kappa shape index (κ3) is 2.44. The number of rotatable bonds is 4. The second-order valence-corrected chi connectivity index (χ2v) is 5.05. The molecule has 3 N–H and O–H groups in total. The van der Waals surface area contributed by atoms with Gasteiger partial charge in [0.05, 0.1) is 12.1 Å². The van der Waals surface area contributed by atoms with E-state index in [2.05, 4.69) is 10.3 Å². The summed E-state index contributed by atoms with van der Waals surface area (Å²) in [6.45, 7) is 2.56. The summed E-state index contributed by atoms with van der Waals surface area (Å²) in [5, 5.41) is 4.13. The van der Waals surface area contributed by atoms with Crippen molar-refractivity contribution in [2.24, 2.45) is 11.7 Å². The molecule has 1 saturated heterocycles. The molecule has 2 heterocycles. The van der Waals surface area contributed by atoms with Gasteiger partial charge in [-0.15, -0.1) is 0 Å². The first kappa shape index (κ1) is 12.9. The topological polar surface area (TPSA) is 77.2 Å². The standard InChI is InChI=1S/C15H17N3O2/c16-15(19)12-8-18-13-4-2-1-3-11(13)14(12)20-9-10-5-6-17-7-10/h1-4,8,10,17H,5-7,9H2,(H2,16,19). The molecule has 1 aromatic heterocycles. The number of amides is 1. The molecule has 1 aliphatic heterocycles. The number of ether oxygens (including phenoxy) is 1. The molecular formula is C15H17N3O2. The highest BCUT2D eigenvalue weighted by atomic mass is 16.5. The first-order valence-electron chi connectivity index (χ1n) is 6.77. The molecule has 2 aromatic rings. The van der Waals surface area contributed by atoms with E-state index in [0.29, 0.717) is 23.8 Å². The number of pyridine rings is 1. The number of nitrogens with one attached hydrogen (secondary N) is 1. The van der Waals surface area contributed by atoms with Crippen LogP contribution in [-0.2, 0) is 0 Å². The Morgan fingerprint density at radius 2 is 2.30 bits per heavy atom. The Bertz CT molecular complexity index is 636. The minimum absolute atomic E-state index is 0.342. The first-order valence-corrected chi connectivity index (χ1v) is 6.77. The molecule has 1 atom stereocenters. The molecule has 1 aliphatic rings. The van der Waals surface area contributed by atoms with Crippen LogP contribution in [0.3, 0.4) is 0 Å². The largest absolute Gasteiger partial charge is 0.492 e. The normalized spacial score (nSPS) is 18.3. The Morgan fingerprint density at radius 1 is 1.45 bits per heavy atom. The fourth-order valence-corrected chi connectivity index (χ4v) is 2.50. The fourth-order valence-electron chi connectivity index (χ4n) is 2.50. The van der Waals surface area contributed by atoms with Crippen LogP contribution in [0.15, 0.2) is 30.5 Å². The van der Waals surface area contributed by atoms with E-state index in [1.54, 1.807) is 0 Å². The highest BCUT2D eigenvalue weighted by molar-refractivity contribution is 6.01. The lowest BCUT2D eigenvalue weighted by atomic mass is 10.1. The Hall–Kier alpha value is -2.14. The molecule has 0 radical (unpaired) electrons. The molecular weight excluding hydrogens is 254 g/mol. The summed E-state index contributed by atoms with van der Waals surface area (Å²) in [6.07, 6.45) is 2.59. The van der Waals surface area contributed by atoms with E-state index in [1.165, 1.54) is 6.20 Å². The van der Waals surface area contributed by atoms with Crippen molar-refractivity contribution in [1.29, 1.82) is 0 Å². The molecule has 1 fully saturated rings. The van der Waals surface area contributed by atoms with Crippen molar-refractivity contribution < 1.29 is 9.53 Å². The molecule has 104 valence electrons. The molecule has 1 unspecified atom stereocenters. The first-order chi connectivity index (χ1) is 9.75. The van der Waals surface area contributed by atoms with Crippen molar-refractivity contribution in [3.63, 3.8) is 0 Å². The number of carbonyl (C=O) groups excluding carboxylic acids is 1. The molecule has 0 saturated carbocycles. The van der Waals surface area contributed by atoms with E-state index in [4.69, 9.17) is 10.5 Å². The molecule has 1 aromatic carbocycles. The summed E-state index contributed by atoms with van der Waals surface area (Å²) in [5.41, 5.74) is 6.56. The average Bonchev–Trinajstić information content (AvgIpc) is 2.97. The minimum Gasteiger partial charge on any atom is -0.492 e. The van der Waals surface area contributed by atoms with Crippen LogP contribution in [0.1, 0.15) is 16.8 Å². The van der Waals surface area contributed by atoms with Crippen LogP contribution in [0.4, 0.5) is 0 Å². The second-order valence-electron chi connectivity index (χ2n) is 5.05. The van der Waals surface area contributed by atoms with Gasteiger partial charge in [-0.1, -0.05) is 12.1 Å². The summed E-state index contributed by atoms with van der Waals surface area (Å²) in [6, 6.07) is 7.60. The quantitative estimate of drug-likeness (QED) is 0.879. The highest BCUT2D eigenvalue weighted by Gasteiger charge is 2.19. The lowest BCUT2D eigenvalue weighted by molar-refractivity contribution is 0.0995. The number of nitrogens with two attached hydrogens (primary N) is 1. The van der Waals surface area contributed by atoms with Crippen LogP contribution in [0.2, 0.25) is 0 Å². The zero-order valence-corrected chi connectivity index (χ0v) is 11.1. The average molecular weight is 271 g/mol. The number of primary amides is 1. The maximum Gasteiger partial charge on any atom is 0.254 e. The predicted octanol–water partition coefficient (Wildman–Crippen LogP) is 1.32. The Balaban J connectivity index is 1.96. The van der Waals surface area contributed by atoms with Gasteiger partial charge in [-0.05, 0) is 25.1 Å². The number of benzene rings is 1. The highest BCUT2D eigenvalue weighted by Crippen LogP contribution is 2.28. The second kappa shape index (κ2) is 5.46. The lowest BCUT2D eigenvalue weighted by Crippen LogP contribution is -2.18. The van der Waals surface area contributed by atoms with Crippen molar-refractivity contribution in [1.82, 2.24) is 10.3 Å². The van der Waals surface area contributed by atoms with Gasteiger partial charge < -0.3 is 15.8 Å². The van der Waals surface area contributed by atoms with Gasteiger partial charge in [0.2, 0.25) is 0 Å². The van der Waals surface area contributed by atoms with E-state index in [9.17, 15) is 4.79 Å². The van der Waals surface area contributed by atoms with Crippen LogP contribution in [0.25, 0.3) is 10.9 Å². The van der Waals surface area contributed by atoms with Crippen molar-refractivity contribution in [2.75, 3.05) is 19.7 Å². The lowest BCUT2D eigenvalue weighted by Gasteiger charge is -2.15. The van der Waals surface area contributed by atoms with Gasteiger partial charge in [0.1, 0.15) is 11.3 Å². The summed E-state index contributed by atoms with van der Waals surface area (Å²) in [4.78, 5) is 15.8. The van der Waals surface area contributed by atoms with Gasteiger partial charge in [-0.2, -0.15) is 0 Å². The minimum atomic E-state index is -0.511. The zero-order chi connectivity index (χ0) is 13.9. The van der Waals surface area contributed by atoms with Crippen molar-refractivity contribution >= 4 is 16.8 Å². The third-order valence-electron chi connectivity index (χ3n) is 3.62.